The van der Waals surface area contributed by atoms with Crippen LogP contribution in [-0.4, -0.2) is 20.9 Å². The van der Waals surface area contributed by atoms with Gasteiger partial charge in [-0.2, -0.15) is 0 Å². The average Bonchev–Trinajstić information content (AvgIpc) is 2.68. The van der Waals surface area contributed by atoms with E-state index < -0.39 is 0 Å². The van der Waals surface area contributed by atoms with E-state index in [-0.39, 0.29) is 5.91 Å². The number of nitrogens with one attached hydrogen (secondary N) is 2. The highest BCUT2D eigenvalue weighted by atomic mass is 16.1. The third kappa shape index (κ3) is 4.71. The van der Waals surface area contributed by atoms with Crippen molar-refractivity contribution in [3.63, 3.8) is 0 Å². The predicted molar refractivity (Wildman–Crippen MR) is 112 cm³/mol. The Hall–Kier alpha value is -3.28. The van der Waals surface area contributed by atoms with Crippen LogP contribution >= 0.6 is 0 Å². The van der Waals surface area contributed by atoms with Gasteiger partial charge in [0.2, 0.25) is 0 Å². The molecule has 2 heterocycles. The number of anilines is 2. The van der Waals surface area contributed by atoms with Crippen LogP contribution in [0.25, 0.3) is 0 Å². The molecule has 2 aromatic heterocycles. The largest absolute Gasteiger partial charge is 0.366 e. The van der Waals surface area contributed by atoms with Crippen LogP contribution in [0.3, 0.4) is 0 Å². The molecular weight excluding hydrogens is 350 g/mol. The molecule has 0 atom stereocenters. The van der Waals surface area contributed by atoms with Gasteiger partial charge in [0.1, 0.15) is 17.3 Å². The molecular formula is C22H25N5O. The number of pyridine rings is 1. The number of para-hydroxylation sites is 1. The second-order valence-corrected chi connectivity index (χ2v) is 7.04. The quantitative estimate of drug-likeness (QED) is 0.664. The molecule has 1 amide bonds. The van der Waals surface area contributed by atoms with Crippen molar-refractivity contribution in [3.05, 3.63) is 77.0 Å². The maximum absolute atomic E-state index is 12.9. The van der Waals surface area contributed by atoms with Crippen molar-refractivity contribution in [2.45, 2.75) is 40.2 Å². The van der Waals surface area contributed by atoms with Crippen molar-refractivity contribution >= 4 is 17.4 Å². The van der Waals surface area contributed by atoms with Gasteiger partial charge in [-0.05, 0) is 48.6 Å². The normalized spacial score (nSPS) is 10.8. The van der Waals surface area contributed by atoms with Gasteiger partial charge in [-0.25, -0.2) is 9.97 Å². The highest BCUT2D eigenvalue weighted by Crippen LogP contribution is 2.27. The Kier molecular flexibility index (Phi) is 5.99. The van der Waals surface area contributed by atoms with Gasteiger partial charge in [0.05, 0.1) is 0 Å². The molecule has 0 spiro atoms. The number of carbonyl (C=O) groups excluding carboxylic acids is 1. The lowest BCUT2D eigenvalue weighted by Crippen LogP contribution is -2.17. The maximum atomic E-state index is 12.9. The third-order valence-electron chi connectivity index (χ3n) is 4.46. The molecule has 0 unspecified atom stereocenters. The molecule has 3 rings (SSSR count). The number of hydrogen-bond acceptors (Lipinski definition) is 5. The number of carbonyl (C=O) groups is 1. The van der Waals surface area contributed by atoms with Crippen LogP contribution in [0.5, 0.6) is 0 Å². The van der Waals surface area contributed by atoms with Crippen molar-refractivity contribution in [1.82, 2.24) is 15.0 Å². The summed E-state index contributed by atoms with van der Waals surface area (Å²) < 4.78 is 0. The molecule has 0 bridgehead atoms. The Morgan fingerprint density at radius 2 is 1.82 bits per heavy atom. The summed E-state index contributed by atoms with van der Waals surface area (Å²) in [6.07, 6.45) is 3.49. The zero-order valence-electron chi connectivity index (χ0n) is 16.7. The molecule has 28 heavy (non-hydrogen) atoms. The predicted octanol–water partition coefficient (Wildman–Crippen LogP) is 4.48. The number of benzene rings is 1. The fourth-order valence-corrected chi connectivity index (χ4v) is 2.99. The maximum Gasteiger partial charge on any atom is 0.274 e. The van der Waals surface area contributed by atoms with Gasteiger partial charge in [-0.1, -0.05) is 32.0 Å². The number of hydrogen-bond donors (Lipinski definition) is 2. The summed E-state index contributed by atoms with van der Waals surface area (Å²) >= 11 is 0. The summed E-state index contributed by atoms with van der Waals surface area (Å²) in [5, 5.41) is 6.28. The Bertz CT molecular complexity index is 970. The summed E-state index contributed by atoms with van der Waals surface area (Å²) in [7, 11) is 0. The monoisotopic (exact) mass is 375 g/mol. The fraction of sp³-hybridized carbons (Fsp3) is 0.273. The second-order valence-electron chi connectivity index (χ2n) is 7.04. The lowest BCUT2D eigenvalue weighted by Gasteiger charge is -2.16. The Morgan fingerprint density at radius 3 is 2.54 bits per heavy atom. The van der Waals surface area contributed by atoms with Crippen LogP contribution in [0.15, 0.2) is 48.8 Å². The van der Waals surface area contributed by atoms with Gasteiger partial charge < -0.3 is 10.6 Å². The number of aromatic nitrogens is 3. The van der Waals surface area contributed by atoms with Gasteiger partial charge >= 0.3 is 0 Å². The molecule has 3 aromatic rings. The molecule has 6 nitrogen and oxygen atoms in total. The molecule has 2 N–H and O–H groups in total. The van der Waals surface area contributed by atoms with Crippen LogP contribution in [0.1, 0.15) is 52.8 Å². The van der Waals surface area contributed by atoms with Crippen molar-refractivity contribution in [2.24, 2.45) is 0 Å². The molecule has 1 aromatic carbocycles. The summed E-state index contributed by atoms with van der Waals surface area (Å²) in [6, 6.07) is 11.6. The van der Waals surface area contributed by atoms with E-state index in [1.54, 1.807) is 25.4 Å². The van der Waals surface area contributed by atoms with Gasteiger partial charge in [0.25, 0.3) is 5.91 Å². The lowest BCUT2D eigenvalue weighted by atomic mass is 9.98. The first-order valence-corrected chi connectivity index (χ1v) is 9.33. The van der Waals surface area contributed by atoms with Gasteiger partial charge in [0.15, 0.2) is 0 Å². The van der Waals surface area contributed by atoms with Gasteiger partial charge in [-0.3, -0.25) is 9.78 Å². The molecule has 0 radical (unpaired) electrons. The van der Waals surface area contributed by atoms with E-state index in [0.29, 0.717) is 29.8 Å². The molecule has 144 valence electrons. The highest BCUT2D eigenvalue weighted by molar-refractivity contribution is 6.04. The minimum atomic E-state index is -0.242. The summed E-state index contributed by atoms with van der Waals surface area (Å²) in [5.41, 5.74) is 4.41. The van der Waals surface area contributed by atoms with Crippen molar-refractivity contribution in [3.8, 4) is 0 Å². The average molecular weight is 375 g/mol. The van der Waals surface area contributed by atoms with Crippen LogP contribution in [0.2, 0.25) is 0 Å². The SMILES string of the molecule is Cc1nc(NCc2ccncc2)cc(C(=O)Nc2c(C)cccc2C(C)C)n1. The third-order valence-corrected chi connectivity index (χ3v) is 4.46. The summed E-state index contributed by atoms with van der Waals surface area (Å²) in [4.78, 5) is 25.6. The van der Waals surface area contributed by atoms with E-state index in [4.69, 9.17) is 0 Å². The highest BCUT2D eigenvalue weighted by Gasteiger charge is 2.15. The molecule has 0 aliphatic carbocycles. The number of nitrogens with zero attached hydrogens (tertiary/aromatic N) is 3. The first kappa shape index (κ1) is 19.5. The minimum absolute atomic E-state index is 0.242. The topological polar surface area (TPSA) is 79.8 Å². The number of rotatable bonds is 6. The van der Waals surface area contributed by atoms with E-state index in [0.717, 1.165) is 22.4 Å². The van der Waals surface area contributed by atoms with E-state index in [2.05, 4.69) is 39.4 Å². The van der Waals surface area contributed by atoms with E-state index in [1.807, 2.05) is 37.3 Å². The van der Waals surface area contributed by atoms with Crippen LogP contribution in [0.4, 0.5) is 11.5 Å². The first-order valence-electron chi connectivity index (χ1n) is 9.33. The van der Waals surface area contributed by atoms with E-state index in [9.17, 15) is 4.79 Å². The molecule has 0 saturated heterocycles. The van der Waals surface area contributed by atoms with E-state index >= 15 is 0 Å². The van der Waals surface area contributed by atoms with Gasteiger partial charge in [0, 0.05) is 30.7 Å². The zero-order valence-corrected chi connectivity index (χ0v) is 16.7. The van der Waals surface area contributed by atoms with Gasteiger partial charge in [-0.15, -0.1) is 0 Å². The first-order chi connectivity index (χ1) is 13.4. The number of amides is 1. The Morgan fingerprint density at radius 1 is 1.07 bits per heavy atom. The minimum Gasteiger partial charge on any atom is -0.366 e. The zero-order chi connectivity index (χ0) is 20.1. The van der Waals surface area contributed by atoms with Crippen LogP contribution in [-0.2, 0) is 6.54 Å². The van der Waals surface area contributed by atoms with Crippen LogP contribution in [0, 0.1) is 13.8 Å². The standard InChI is InChI=1S/C22H25N5O/c1-14(2)18-7-5-6-15(3)21(18)27-22(28)19-12-20(26-16(4)25-19)24-13-17-8-10-23-11-9-17/h5-12,14H,13H2,1-4H3,(H,27,28)(H,24,25,26). The number of aryl methyl sites for hydroxylation is 2. The fourth-order valence-electron chi connectivity index (χ4n) is 2.99. The molecule has 0 saturated carbocycles. The van der Waals surface area contributed by atoms with Crippen molar-refractivity contribution in [1.29, 1.82) is 0 Å². The molecule has 6 heteroatoms. The Labute approximate surface area is 165 Å². The molecule has 0 aliphatic rings. The summed E-state index contributed by atoms with van der Waals surface area (Å²) in [5.74, 6) is 1.22. The lowest BCUT2D eigenvalue weighted by molar-refractivity contribution is 0.102. The van der Waals surface area contributed by atoms with E-state index in [1.165, 1.54) is 0 Å². The molecule has 0 aliphatic heterocycles. The molecule has 0 fully saturated rings. The van der Waals surface area contributed by atoms with Crippen molar-refractivity contribution < 1.29 is 4.79 Å². The summed E-state index contributed by atoms with van der Waals surface area (Å²) in [6.45, 7) is 8.59. The second kappa shape index (κ2) is 8.61. The smallest absolute Gasteiger partial charge is 0.274 e. The Balaban J connectivity index is 1.80. The van der Waals surface area contributed by atoms with Crippen molar-refractivity contribution in [2.75, 3.05) is 10.6 Å². The van der Waals surface area contributed by atoms with Crippen LogP contribution < -0.4 is 10.6 Å².